The molecule has 0 aliphatic rings. The summed E-state index contributed by atoms with van der Waals surface area (Å²) >= 11 is 3.34. The van der Waals surface area contributed by atoms with Crippen molar-refractivity contribution in [2.24, 2.45) is 0 Å². The largest absolute Gasteiger partial charge is 0.494 e. The van der Waals surface area contributed by atoms with E-state index in [4.69, 9.17) is 4.74 Å². The Bertz CT molecular complexity index is 473. The van der Waals surface area contributed by atoms with Crippen LogP contribution in [0, 0.1) is 0 Å². The van der Waals surface area contributed by atoms with Gasteiger partial charge in [-0.05, 0) is 24.3 Å². The van der Waals surface area contributed by atoms with Crippen molar-refractivity contribution in [3.05, 3.63) is 40.9 Å². The molecule has 1 aromatic heterocycles. The van der Waals surface area contributed by atoms with Crippen LogP contribution in [0.15, 0.2) is 40.9 Å². The number of hydrogen-bond acceptors (Lipinski definition) is 3. The van der Waals surface area contributed by atoms with Crippen molar-refractivity contribution in [2.75, 3.05) is 6.61 Å². The normalized spacial score (nSPS) is 10.4. The zero-order valence-corrected chi connectivity index (χ0v) is 10.6. The van der Waals surface area contributed by atoms with Crippen LogP contribution in [0.25, 0.3) is 0 Å². The number of hydrogen-bond donors (Lipinski definition) is 2. The van der Waals surface area contributed by atoms with Crippen molar-refractivity contribution in [1.82, 2.24) is 4.57 Å². The van der Waals surface area contributed by atoms with Gasteiger partial charge in [0.05, 0.1) is 6.54 Å². The van der Waals surface area contributed by atoms with Crippen molar-refractivity contribution in [3.8, 4) is 17.5 Å². The van der Waals surface area contributed by atoms with Crippen LogP contribution in [0.4, 0.5) is 0 Å². The van der Waals surface area contributed by atoms with Crippen molar-refractivity contribution < 1.29 is 14.9 Å². The predicted molar refractivity (Wildman–Crippen MR) is 67.4 cm³/mol. The van der Waals surface area contributed by atoms with Crippen molar-refractivity contribution in [3.63, 3.8) is 0 Å². The molecule has 0 atom stereocenters. The fourth-order valence-electron chi connectivity index (χ4n) is 1.46. The first kappa shape index (κ1) is 11.9. The highest BCUT2D eigenvalue weighted by Gasteiger charge is 2.05. The standard InChI is InChI=1S/C12H12BrNO3/c13-9-1-3-10(4-2-9)17-8-7-14-11(15)5-6-12(14)16/h1-6,15-16H,7-8H2. The molecule has 0 spiro atoms. The summed E-state index contributed by atoms with van der Waals surface area (Å²) in [5.41, 5.74) is 0. The van der Waals surface area contributed by atoms with E-state index < -0.39 is 0 Å². The molecule has 2 rings (SSSR count). The monoisotopic (exact) mass is 297 g/mol. The molecular formula is C12H12BrNO3. The first-order chi connectivity index (χ1) is 8.16. The van der Waals surface area contributed by atoms with Crippen LogP contribution in [-0.4, -0.2) is 21.4 Å². The molecular weight excluding hydrogens is 286 g/mol. The van der Waals surface area contributed by atoms with Crippen molar-refractivity contribution in [2.45, 2.75) is 6.54 Å². The summed E-state index contributed by atoms with van der Waals surface area (Å²) in [4.78, 5) is 0. The average Bonchev–Trinajstić information content (AvgIpc) is 2.63. The fourth-order valence-corrected chi connectivity index (χ4v) is 1.73. The Balaban J connectivity index is 1.90. The Kier molecular flexibility index (Phi) is 3.58. The van der Waals surface area contributed by atoms with E-state index in [1.54, 1.807) is 0 Å². The first-order valence-electron chi connectivity index (χ1n) is 5.12. The Labute approximate surface area is 107 Å². The minimum Gasteiger partial charge on any atom is -0.494 e. The van der Waals surface area contributed by atoms with Gasteiger partial charge in [-0.25, -0.2) is 0 Å². The maximum atomic E-state index is 9.41. The molecule has 4 nitrogen and oxygen atoms in total. The lowest BCUT2D eigenvalue weighted by molar-refractivity contribution is 0.275. The van der Waals surface area contributed by atoms with E-state index >= 15 is 0 Å². The third-order valence-electron chi connectivity index (χ3n) is 2.33. The van der Waals surface area contributed by atoms with Gasteiger partial charge in [0.25, 0.3) is 0 Å². The van der Waals surface area contributed by atoms with Gasteiger partial charge in [0.1, 0.15) is 12.4 Å². The lowest BCUT2D eigenvalue weighted by Gasteiger charge is -2.08. The summed E-state index contributed by atoms with van der Waals surface area (Å²) in [6.45, 7) is 0.762. The number of benzene rings is 1. The molecule has 1 heterocycles. The van der Waals surface area contributed by atoms with Crippen molar-refractivity contribution in [1.29, 1.82) is 0 Å². The Morgan fingerprint density at radius 1 is 1.00 bits per heavy atom. The van der Waals surface area contributed by atoms with E-state index in [0.717, 1.165) is 10.2 Å². The van der Waals surface area contributed by atoms with Crippen LogP contribution < -0.4 is 4.74 Å². The molecule has 0 saturated carbocycles. The number of nitrogens with zero attached hydrogens (tertiary/aromatic N) is 1. The number of halogens is 1. The molecule has 1 aromatic carbocycles. The van der Waals surface area contributed by atoms with Gasteiger partial charge >= 0.3 is 0 Å². The van der Waals surface area contributed by atoms with Gasteiger partial charge in [0.15, 0.2) is 11.8 Å². The molecule has 90 valence electrons. The fraction of sp³-hybridized carbons (Fsp3) is 0.167. The van der Waals surface area contributed by atoms with Crippen LogP contribution >= 0.6 is 15.9 Å². The summed E-state index contributed by atoms with van der Waals surface area (Å²) in [6.07, 6.45) is 0. The lowest BCUT2D eigenvalue weighted by Crippen LogP contribution is -2.07. The highest BCUT2D eigenvalue weighted by molar-refractivity contribution is 9.10. The SMILES string of the molecule is Oc1ccc(O)n1CCOc1ccc(Br)cc1. The van der Waals surface area contributed by atoms with Crippen LogP contribution in [-0.2, 0) is 6.54 Å². The van der Waals surface area contributed by atoms with E-state index in [9.17, 15) is 10.2 Å². The van der Waals surface area contributed by atoms with Gasteiger partial charge in [-0.3, -0.25) is 4.57 Å². The quantitative estimate of drug-likeness (QED) is 0.912. The molecule has 17 heavy (non-hydrogen) atoms. The molecule has 5 heteroatoms. The summed E-state index contributed by atoms with van der Waals surface area (Å²) in [7, 11) is 0. The van der Waals surface area contributed by atoms with Crippen LogP contribution in [0.5, 0.6) is 17.5 Å². The van der Waals surface area contributed by atoms with Crippen LogP contribution in [0.1, 0.15) is 0 Å². The van der Waals surface area contributed by atoms with Gasteiger partial charge in [-0.15, -0.1) is 0 Å². The third kappa shape index (κ3) is 2.94. The summed E-state index contributed by atoms with van der Waals surface area (Å²) in [6, 6.07) is 10.3. The minimum atomic E-state index is 0.0295. The van der Waals surface area contributed by atoms with Gasteiger partial charge in [0.2, 0.25) is 0 Å². The molecule has 0 aliphatic heterocycles. The molecule has 0 saturated heterocycles. The number of aromatic hydroxyl groups is 2. The highest BCUT2D eigenvalue weighted by atomic mass is 79.9. The highest BCUT2D eigenvalue weighted by Crippen LogP contribution is 2.21. The number of ether oxygens (including phenoxy) is 1. The van der Waals surface area contributed by atoms with Gasteiger partial charge < -0.3 is 14.9 Å². The molecule has 0 unspecified atom stereocenters. The second-order valence-electron chi connectivity index (χ2n) is 3.50. The van der Waals surface area contributed by atoms with Crippen molar-refractivity contribution >= 4 is 15.9 Å². The Hall–Kier alpha value is -1.62. The first-order valence-corrected chi connectivity index (χ1v) is 5.92. The molecule has 0 bridgehead atoms. The molecule has 0 aliphatic carbocycles. The van der Waals surface area contributed by atoms with Gasteiger partial charge in [-0.2, -0.15) is 0 Å². The van der Waals surface area contributed by atoms with E-state index in [2.05, 4.69) is 15.9 Å². The molecule has 2 aromatic rings. The molecule has 2 N–H and O–H groups in total. The zero-order valence-electron chi connectivity index (χ0n) is 9.01. The molecule has 0 radical (unpaired) electrons. The molecule has 0 amide bonds. The third-order valence-corrected chi connectivity index (χ3v) is 2.86. The van der Waals surface area contributed by atoms with Crippen LogP contribution in [0.2, 0.25) is 0 Å². The topological polar surface area (TPSA) is 54.6 Å². The zero-order chi connectivity index (χ0) is 12.3. The summed E-state index contributed by atoms with van der Waals surface area (Å²) in [5, 5.41) is 18.8. The Morgan fingerprint density at radius 3 is 2.18 bits per heavy atom. The van der Waals surface area contributed by atoms with E-state index in [-0.39, 0.29) is 11.8 Å². The van der Waals surface area contributed by atoms with Gasteiger partial charge in [0, 0.05) is 16.6 Å². The van der Waals surface area contributed by atoms with Gasteiger partial charge in [-0.1, -0.05) is 15.9 Å². The smallest absolute Gasteiger partial charge is 0.193 e. The maximum Gasteiger partial charge on any atom is 0.193 e. The maximum absolute atomic E-state index is 9.41. The summed E-state index contributed by atoms with van der Waals surface area (Å²) < 4.78 is 7.85. The average molecular weight is 298 g/mol. The van der Waals surface area contributed by atoms with Crippen LogP contribution in [0.3, 0.4) is 0 Å². The minimum absolute atomic E-state index is 0.0295. The second kappa shape index (κ2) is 5.14. The lowest BCUT2D eigenvalue weighted by atomic mass is 10.3. The Morgan fingerprint density at radius 2 is 1.59 bits per heavy atom. The summed E-state index contributed by atoms with van der Waals surface area (Å²) in [5.74, 6) is 0.808. The number of rotatable bonds is 4. The number of aromatic nitrogens is 1. The predicted octanol–water partition coefficient (Wildman–Crippen LogP) is 2.74. The van der Waals surface area contributed by atoms with E-state index in [1.165, 1.54) is 16.7 Å². The second-order valence-corrected chi connectivity index (χ2v) is 4.42. The van der Waals surface area contributed by atoms with E-state index in [1.807, 2.05) is 24.3 Å². The van der Waals surface area contributed by atoms with E-state index in [0.29, 0.717) is 13.2 Å². The molecule has 0 fully saturated rings.